The van der Waals surface area contributed by atoms with Gasteiger partial charge in [0.05, 0.1) is 17.1 Å². The molecule has 0 radical (unpaired) electrons. The van der Waals surface area contributed by atoms with Gasteiger partial charge in [0.1, 0.15) is 15.7 Å². The highest BCUT2D eigenvalue weighted by Gasteiger charge is 2.16. The fourth-order valence-electron chi connectivity index (χ4n) is 5.07. The van der Waals surface area contributed by atoms with Crippen LogP contribution < -0.4 is 5.32 Å². The topological polar surface area (TPSA) is 116 Å². The second-order valence-corrected chi connectivity index (χ2v) is 12.5. The van der Waals surface area contributed by atoms with Gasteiger partial charge in [0.2, 0.25) is 0 Å². The van der Waals surface area contributed by atoms with Crippen LogP contribution in [0.4, 0.5) is 4.39 Å². The van der Waals surface area contributed by atoms with Gasteiger partial charge in [-0.05, 0) is 71.6 Å². The molecule has 0 amide bonds. The van der Waals surface area contributed by atoms with Gasteiger partial charge >= 0.3 is 0 Å². The molecule has 8 nitrogen and oxygen atoms in total. The summed E-state index contributed by atoms with van der Waals surface area (Å²) in [6.07, 6.45) is 6.93. The summed E-state index contributed by atoms with van der Waals surface area (Å²) in [5.74, 6) is -0.436. The van der Waals surface area contributed by atoms with E-state index in [1.54, 1.807) is 6.20 Å². The van der Waals surface area contributed by atoms with Crippen molar-refractivity contribution in [1.29, 1.82) is 0 Å². The molecule has 4 heterocycles. The SMILES string of the molecule is CCNCc1cncc(-c2cnc3n[nH]c(-c4cc5c(-c6cc(F)cc(CCS(C)(=O)=O)c6)cccc5[nH]4)c3c2)c1. The van der Waals surface area contributed by atoms with Crippen LogP contribution in [0.5, 0.6) is 0 Å². The van der Waals surface area contributed by atoms with E-state index in [1.165, 1.54) is 18.4 Å². The van der Waals surface area contributed by atoms with Gasteiger partial charge in [-0.1, -0.05) is 25.1 Å². The summed E-state index contributed by atoms with van der Waals surface area (Å²) in [5, 5.41) is 12.7. The molecule has 0 spiro atoms. The number of H-pyrrole nitrogens is 2. The average Bonchev–Trinajstić information content (AvgIpc) is 3.58. The van der Waals surface area contributed by atoms with Crippen LogP contribution in [0.1, 0.15) is 18.1 Å². The van der Waals surface area contributed by atoms with Crippen LogP contribution in [0.15, 0.2) is 73.2 Å². The van der Waals surface area contributed by atoms with Crippen molar-refractivity contribution in [3.63, 3.8) is 0 Å². The zero-order valence-corrected chi connectivity index (χ0v) is 23.5. The quantitative estimate of drug-likeness (QED) is 0.207. The summed E-state index contributed by atoms with van der Waals surface area (Å²) < 4.78 is 37.9. The molecule has 0 unspecified atom stereocenters. The predicted octanol–water partition coefficient (Wildman–Crippen LogP) is 5.67. The van der Waals surface area contributed by atoms with E-state index >= 15 is 0 Å². The van der Waals surface area contributed by atoms with Crippen molar-refractivity contribution in [1.82, 2.24) is 30.5 Å². The zero-order valence-electron chi connectivity index (χ0n) is 22.7. The number of nitrogens with zero attached hydrogens (tertiary/aromatic N) is 3. The molecule has 6 aromatic rings. The van der Waals surface area contributed by atoms with E-state index in [-0.39, 0.29) is 12.2 Å². The largest absolute Gasteiger partial charge is 0.353 e. The number of hydrogen-bond acceptors (Lipinski definition) is 6. The van der Waals surface area contributed by atoms with Crippen LogP contribution in [0.3, 0.4) is 0 Å². The Morgan fingerprint density at radius 3 is 2.59 bits per heavy atom. The number of halogens is 1. The fraction of sp³-hybridized carbons (Fsp3) is 0.194. The predicted molar refractivity (Wildman–Crippen MR) is 161 cm³/mol. The highest BCUT2D eigenvalue weighted by atomic mass is 32.2. The van der Waals surface area contributed by atoms with Crippen LogP contribution in [-0.2, 0) is 22.8 Å². The lowest BCUT2D eigenvalue weighted by Gasteiger charge is -2.08. The number of hydrogen-bond donors (Lipinski definition) is 3. The second kappa shape index (κ2) is 10.9. The van der Waals surface area contributed by atoms with E-state index in [0.29, 0.717) is 16.8 Å². The zero-order chi connectivity index (χ0) is 28.6. The molecule has 208 valence electrons. The third-order valence-corrected chi connectivity index (χ3v) is 8.03. The van der Waals surface area contributed by atoms with Crippen LogP contribution >= 0.6 is 0 Å². The lowest BCUT2D eigenvalue weighted by molar-refractivity contribution is 0.600. The minimum Gasteiger partial charge on any atom is -0.353 e. The molecule has 41 heavy (non-hydrogen) atoms. The Labute approximate surface area is 237 Å². The van der Waals surface area contributed by atoms with Crippen molar-refractivity contribution in [3.05, 3.63) is 90.1 Å². The first kappa shape index (κ1) is 26.8. The van der Waals surface area contributed by atoms with Gasteiger partial charge in [0, 0.05) is 58.8 Å². The summed E-state index contributed by atoms with van der Waals surface area (Å²) in [6, 6.07) is 16.7. The lowest BCUT2D eigenvalue weighted by atomic mass is 9.98. The van der Waals surface area contributed by atoms with E-state index in [4.69, 9.17) is 0 Å². The molecule has 0 atom stereocenters. The molecule has 0 bridgehead atoms. The maximum atomic E-state index is 14.6. The van der Waals surface area contributed by atoms with E-state index in [0.717, 1.165) is 63.0 Å². The minimum absolute atomic E-state index is 0.0344. The summed E-state index contributed by atoms with van der Waals surface area (Å²) in [4.78, 5) is 12.5. The standard InChI is InChI=1S/C31H29FN6O2S/c1-3-33-15-20-10-22(17-34-16-20)23-13-27-30(37-38-31(27)35-18-23)29-14-26-25(5-4-6-28(26)36-29)21-9-19(11-24(32)12-21)7-8-41(2,39)40/h4-6,9-14,16-18,33,36H,3,7-8,15H2,1-2H3,(H,35,37,38). The molecule has 0 saturated heterocycles. The van der Waals surface area contributed by atoms with Crippen LogP contribution in [0, 0.1) is 5.82 Å². The number of fused-ring (bicyclic) bond motifs is 2. The van der Waals surface area contributed by atoms with E-state index in [9.17, 15) is 12.8 Å². The third-order valence-electron chi connectivity index (χ3n) is 7.08. The molecular formula is C31H29FN6O2S. The van der Waals surface area contributed by atoms with Crippen LogP contribution in [0.25, 0.3) is 55.6 Å². The van der Waals surface area contributed by atoms with Gasteiger partial charge in [-0.15, -0.1) is 0 Å². The Bertz CT molecular complexity index is 2000. The van der Waals surface area contributed by atoms with E-state index < -0.39 is 15.7 Å². The van der Waals surface area contributed by atoms with Gasteiger partial charge in [0.15, 0.2) is 5.65 Å². The number of rotatable bonds is 9. The molecule has 0 aliphatic rings. The third kappa shape index (κ3) is 5.75. The van der Waals surface area contributed by atoms with Crippen molar-refractivity contribution < 1.29 is 12.8 Å². The highest BCUT2D eigenvalue weighted by Crippen LogP contribution is 2.35. The summed E-state index contributed by atoms with van der Waals surface area (Å²) in [5.41, 5.74) is 8.26. The van der Waals surface area contributed by atoms with Crippen LogP contribution in [0.2, 0.25) is 0 Å². The average molecular weight is 569 g/mol. The Morgan fingerprint density at radius 1 is 0.927 bits per heavy atom. The molecular weight excluding hydrogens is 539 g/mol. The molecule has 0 aliphatic heterocycles. The normalized spacial score (nSPS) is 12.0. The van der Waals surface area contributed by atoms with Crippen molar-refractivity contribution in [3.8, 4) is 33.6 Å². The van der Waals surface area contributed by atoms with Gasteiger partial charge in [-0.3, -0.25) is 10.1 Å². The first-order valence-corrected chi connectivity index (χ1v) is 15.4. The van der Waals surface area contributed by atoms with Crippen molar-refractivity contribution in [2.24, 2.45) is 0 Å². The van der Waals surface area contributed by atoms with E-state index in [1.807, 2.05) is 42.7 Å². The number of benzene rings is 2. The Kier molecular flexibility index (Phi) is 7.10. The first-order chi connectivity index (χ1) is 19.8. The number of aryl methyl sites for hydroxylation is 1. The molecule has 0 aliphatic carbocycles. The number of nitrogens with one attached hydrogen (secondary N) is 3. The number of aromatic nitrogens is 5. The van der Waals surface area contributed by atoms with Gasteiger partial charge in [-0.25, -0.2) is 17.8 Å². The molecule has 6 rings (SSSR count). The van der Waals surface area contributed by atoms with Gasteiger partial charge < -0.3 is 10.3 Å². The molecule has 2 aromatic carbocycles. The number of aromatic amines is 2. The summed E-state index contributed by atoms with van der Waals surface area (Å²) >= 11 is 0. The Hall–Kier alpha value is -4.41. The highest BCUT2D eigenvalue weighted by molar-refractivity contribution is 7.90. The first-order valence-electron chi connectivity index (χ1n) is 13.4. The minimum atomic E-state index is -3.16. The molecule has 4 aromatic heterocycles. The number of pyridine rings is 2. The Morgan fingerprint density at radius 2 is 1.76 bits per heavy atom. The molecule has 0 fully saturated rings. The monoisotopic (exact) mass is 568 g/mol. The van der Waals surface area contributed by atoms with E-state index in [2.05, 4.69) is 49.5 Å². The van der Waals surface area contributed by atoms with Gasteiger partial charge in [0.25, 0.3) is 0 Å². The van der Waals surface area contributed by atoms with Gasteiger partial charge in [-0.2, -0.15) is 5.10 Å². The fourth-order valence-corrected chi connectivity index (χ4v) is 5.68. The molecule has 3 N–H and O–H groups in total. The van der Waals surface area contributed by atoms with Crippen molar-refractivity contribution >= 4 is 31.8 Å². The smallest absolute Gasteiger partial charge is 0.181 e. The molecule has 10 heteroatoms. The maximum Gasteiger partial charge on any atom is 0.181 e. The second-order valence-electron chi connectivity index (χ2n) is 10.2. The summed E-state index contributed by atoms with van der Waals surface area (Å²) in [7, 11) is -3.16. The maximum absolute atomic E-state index is 14.6. The van der Waals surface area contributed by atoms with Crippen molar-refractivity contribution in [2.45, 2.75) is 19.9 Å². The van der Waals surface area contributed by atoms with Crippen LogP contribution in [-0.4, -0.2) is 52.1 Å². The summed E-state index contributed by atoms with van der Waals surface area (Å²) in [6.45, 7) is 3.69. The van der Waals surface area contributed by atoms with Crippen molar-refractivity contribution in [2.75, 3.05) is 18.6 Å². The number of sulfone groups is 1. The lowest BCUT2D eigenvalue weighted by Crippen LogP contribution is -2.11. The Balaban J connectivity index is 1.39. The molecule has 0 saturated carbocycles.